The number of unbranched alkanes of at least 4 members (excludes halogenated alkanes) is 9. The summed E-state index contributed by atoms with van der Waals surface area (Å²) < 4.78 is 4.89. The number of carbonyl (C=O) groups is 1. The predicted octanol–water partition coefficient (Wildman–Crippen LogP) is 3.67. The van der Waals surface area contributed by atoms with Crippen LogP contribution in [0.15, 0.2) is 0 Å². The first kappa shape index (κ1) is 17.4. The fraction of sp³-hybridized carbons (Fsp3) is 0.933. The number of rotatable bonds is 13. The summed E-state index contributed by atoms with van der Waals surface area (Å²) in [5.41, 5.74) is 0. The van der Waals surface area contributed by atoms with E-state index in [9.17, 15) is 4.79 Å². The van der Waals surface area contributed by atoms with Gasteiger partial charge in [-0.1, -0.05) is 51.4 Å². The lowest BCUT2D eigenvalue weighted by Crippen LogP contribution is -2.06. The smallest absolute Gasteiger partial charge is 0.302 e. The van der Waals surface area contributed by atoms with Crippen LogP contribution >= 0.6 is 0 Å². The Labute approximate surface area is 113 Å². The average molecular weight is 257 g/mol. The fourth-order valence-electron chi connectivity index (χ4n) is 2.03. The Morgan fingerprint density at radius 1 is 0.833 bits per heavy atom. The zero-order valence-corrected chi connectivity index (χ0v) is 12.3. The van der Waals surface area contributed by atoms with Crippen molar-refractivity contribution in [1.29, 1.82) is 0 Å². The van der Waals surface area contributed by atoms with Crippen molar-refractivity contribution in [3.63, 3.8) is 0 Å². The summed E-state index contributed by atoms with van der Waals surface area (Å²) in [6.07, 6.45) is 13.0. The molecule has 0 heterocycles. The first-order valence-corrected chi connectivity index (χ1v) is 7.55. The predicted molar refractivity (Wildman–Crippen MR) is 76.7 cm³/mol. The van der Waals surface area contributed by atoms with Crippen molar-refractivity contribution in [1.82, 2.24) is 5.32 Å². The molecule has 18 heavy (non-hydrogen) atoms. The Hall–Kier alpha value is -0.570. The van der Waals surface area contributed by atoms with Gasteiger partial charge in [-0.2, -0.15) is 0 Å². The van der Waals surface area contributed by atoms with E-state index < -0.39 is 0 Å². The normalized spacial score (nSPS) is 10.6. The molecule has 0 unspecified atom stereocenters. The van der Waals surface area contributed by atoms with Gasteiger partial charge in [0.1, 0.15) is 0 Å². The molecular weight excluding hydrogens is 226 g/mol. The van der Waals surface area contributed by atoms with Gasteiger partial charge in [0.05, 0.1) is 6.61 Å². The molecule has 0 bridgehead atoms. The van der Waals surface area contributed by atoms with Gasteiger partial charge in [0.25, 0.3) is 0 Å². The second kappa shape index (κ2) is 14.5. The highest BCUT2D eigenvalue weighted by Crippen LogP contribution is 2.10. The number of ether oxygens (including phenoxy) is 1. The van der Waals surface area contributed by atoms with Gasteiger partial charge in [0.15, 0.2) is 0 Å². The highest BCUT2D eigenvalue weighted by Gasteiger charge is 1.94. The minimum atomic E-state index is -0.159. The summed E-state index contributed by atoms with van der Waals surface area (Å²) >= 11 is 0. The Balaban J connectivity index is 2.92. The molecule has 0 aliphatic heterocycles. The van der Waals surface area contributed by atoms with E-state index in [0.29, 0.717) is 6.61 Å². The molecule has 0 fully saturated rings. The summed E-state index contributed by atoms with van der Waals surface area (Å²) in [4.78, 5) is 10.5. The molecule has 0 aliphatic carbocycles. The second-order valence-electron chi connectivity index (χ2n) is 4.98. The molecule has 108 valence electrons. The topological polar surface area (TPSA) is 38.3 Å². The van der Waals surface area contributed by atoms with Crippen LogP contribution < -0.4 is 5.32 Å². The molecule has 0 spiro atoms. The minimum Gasteiger partial charge on any atom is -0.466 e. The molecule has 0 aromatic carbocycles. The van der Waals surface area contributed by atoms with Crippen LogP contribution in [0.25, 0.3) is 0 Å². The van der Waals surface area contributed by atoms with Gasteiger partial charge >= 0.3 is 5.97 Å². The van der Waals surface area contributed by atoms with Crippen molar-refractivity contribution < 1.29 is 9.53 Å². The van der Waals surface area contributed by atoms with Gasteiger partial charge in [-0.15, -0.1) is 0 Å². The van der Waals surface area contributed by atoms with E-state index in [1.165, 1.54) is 64.7 Å². The van der Waals surface area contributed by atoms with Crippen molar-refractivity contribution >= 4 is 5.97 Å². The molecule has 0 saturated carbocycles. The first-order valence-electron chi connectivity index (χ1n) is 7.55. The molecule has 0 aromatic heterocycles. The summed E-state index contributed by atoms with van der Waals surface area (Å²) in [6.45, 7) is 3.22. The summed E-state index contributed by atoms with van der Waals surface area (Å²) in [7, 11) is 2.02. The molecule has 0 radical (unpaired) electrons. The standard InChI is InChI=1S/C15H31NO2/c1-15(17)18-14-12-10-8-6-4-3-5-7-9-11-13-16-2/h16H,3-14H2,1-2H3. The van der Waals surface area contributed by atoms with Gasteiger partial charge < -0.3 is 10.1 Å². The molecule has 0 aliphatic rings. The number of hydrogen-bond acceptors (Lipinski definition) is 3. The van der Waals surface area contributed by atoms with Crippen LogP contribution in [0.3, 0.4) is 0 Å². The summed E-state index contributed by atoms with van der Waals surface area (Å²) in [5, 5.41) is 3.18. The van der Waals surface area contributed by atoms with Crippen molar-refractivity contribution in [3.8, 4) is 0 Å². The molecule has 3 heteroatoms. The van der Waals surface area contributed by atoms with E-state index in [4.69, 9.17) is 4.74 Å². The summed E-state index contributed by atoms with van der Waals surface area (Å²) in [6, 6.07) is 0. The molecule has 0 aromatic rings. The van der Waals surface area contributed by atoms with Crippen molar-refractivity contribution in [2.45, 2.75) is 71.1 Å². The van der Waals surface area contributed by atoms with E-state index >= 15 is 0 Å². The van der Waals surface area contributed by atoms with Crippen LogP contribution in [0.1, 0.15) is 71.1 Å². The third-order valence-corrected chi connectivity index (χ3v) is 3.13. The molecule has 0 saturated heterocycles. The highest BCUT2D eigenvalue weighted by molar-refractivity contribution is 5.65. The Morgan fingerprint density at radius 3 is 1.72 bits per heavy atom. The van der Waals surface area contributed by atoms with Gasteiger partial charge in [0.2, 0.25) is 0 Å². The SMILES string of the molecule is CNCCCCCCCCCCCCOC(C)=O. The van der Waals surface area contributed by atoms with Crippen LogP contribution in [0.2, 0.25) is 0 Å². The number of hydrogen-bond donors (Lipinski definition) is 1. The van der Waals surface area contributed by atoms with E-state index in [-0.39, 0.29) is 5.97 Å². The number of nitrogens with one attached hydrogen (secondary N) is 1. The largest absolute Gasteiger partial charge is 0.466 e. The Kier molecular flexibility index (Phi) is 14.0. The molecule has 1 N–H and O–H groups in total. The number of carbonyl (C=O) groups excluding carboxylic acids is 1. The average Bonchev–Trinajstić information content (AvgIpc) is 2.34. The fourth-order valence-corrected chi connectivity index (χ4v) is 2.03. The van der Waals surface area contributed by atoms with Crippen molar-refractivity contribution in [2.24, 2.45) is 0 Å². The first-order chi connectivity index (χ1) is 8.77. The number of esters is 1. The Bertz CT molecular complexity index is 183. The van der Waals surface area contributed by atoms with Crippen LogP contribution in [-0.4, -0.2) is 26.2 Å². The minimum absolute atomic E-state index is 0.159. The van der Waals surface area contributed by atoms with Gasteiger partial charge in [-0.05, 0) is 26.4 Å². The zero-order chi connectivity index (χ0) is 13.5. The lowest BCUT2D eigenvalue weighted by atomic mass is 10.1. The van der Waals surface area contributed by atoms with E-state index in [1.54, 1.807) is 0 Å². The van der Waals surface area contributed by atoms with Crippen molar-refractivity contribution in [2.75, 3.05) is 20.2 Å². The van der Waals surface area contributed by atoms with E-state index in [1.807, 2.05) is 7.05 Å². The van der Waals surface area contributed by atoms with Crippen molar-refractivity contribution in [3.05, 3.63) is 0 Å². The zero-order valence-electron chi connectivity index (χ0n) is 12.3. The maximum Gasteiger partial charge on any atom is 0.302 e. The summed E-state index contributed by atoms with van der Waals surface area (Å²) in [5.74, 6) is -0.159. The van der Waals surface area contributed by atoms with Gasteiger partial charge in [-0.25, -0.2) is 0 Å². The monoisotopic (exact) mass is 257 g/mol. The molecule has 0 rings (SSSR count). The molecule has 0 amide bonds. The maximum atomic E-state index is 10.5. The molecular formula is C15H31NO2. The van der Waals surface area contributed by atoms with Gasteiger partial charge in [0, 0.05) is 6.92 Å². The molecule has 3 nitrogen and oxygen atoms in total. The third-order valence-electron chi connectivity index (χ3n) is 3.13. The van der Waals surface area contributed by atoms with E-state index in [2.05, 4.69) is 5.32 Å². The quantitative estimate of drug-likeness (QED) is 0.404. The van der Waals surface area contributed by atoms with Gasteiger partial charge in [-0.3, -0.25) is 4.79 Å². The van der Waals surface area contributed by atoms with Crippen LogP contribution in [-0.2, 0) is 9.53 Å². The lowest BCUT2D eigenvalue weighted by molar-refractivity contribution is -0.141. The maximum absolute atomic E-state index is 10.5. The molecule has 0 atom stereocenters. The van der Waals surface area contributed by atoms with Crippen LogP contribution in [0, 0.1) is 0 Å². The second-order valence-corrected chi connectivity index (χ2v) is 4.98. The highest BCUT2D eigenvalue weighted by atomic mass is 16.5. The lowest BCUT2D eigenvalue weighted by Gasteiger charge is -2.03. The van der Waals surface area contributed by atoms with E-state index in [0.717, 1.165) is 13.0 Å². The Morgan fingerprint density at radius 2 is 1.28 bits per heavy atom. The third kappa shape index (κ3) is 15.4. The van der Waals surface area contributed by atoms with Crippen LogP contribution in [0.5, 0.6) is 0 Å². The van der Waals surface area contributed by atoms with Crippen LogP contribution in [0.4, 0.5) is 0 Å².